The van der Waals surface area contributed by atoms with E-state index in [2.05, 4.69) is 0 Å². The lowest BCUT2D eigenvalue weighted by Gasteiger charge is -2.11. The third-order valence-corrected chi connectivity index (χ3v) is 1.69. The molecule has 0 aromatic heterocycles. The highest BCUT2D eigenvalue weighted by Crippen LogP contribution is 1.97. The Labute approximate surface area is 84.5 Å². The van der Waals surface area contributed by atoms with Crippen LogP contribution in [-0.2, 0) is 19.0 Å². The summed E-state index contributed by atoms with van der Waals surface area (Å²) in [4.78, 5) is 11.1. The molecule has 0 aliphatic carbocycles. The maximum absolute atomic E-state index is 11.1. The highest BCUT2D eigenvalue weighted by molar-refractivity contribution is 5.69. The number of rotatable bonds is 8. The Kier molecular flexibility index (Phi) is 8.51. The van der Waals surface area contributed by atoms with Crippen molar-refractivity contribution in [1.82, 2.24) is 0 Å². The van der Waals surface area contributed by atoms with Crippen LogP contribution in [0.2, 0.25) is 0 Å². The lowest BCUT2D eigenvalue weighted by atomic mass is 10.2. The summed E-state index contributed by atoms with van der Waals surface area (Å²) in [5.41, 5.74) is 5.35. The van der Waals surface area contributed by atoms with E-state index in [1.54, 1.807) is 0 Å². The predicted octanol–water partition coefficient (Wildman–Crippen LogP) is -0.0701. The van der Waals surface area contributed by atoms with Crippen molar-refractivity contribution in [3.63, 3.8) is 0 Å². The number of ether oxygens (including phenoxy) is 3. The Balaban J connectivity index is 3.44. The minimum atomic E-state index is -0.304. The van der Waals surface area contributed by atoms with Crippen molar-refractivity contribution in [1.29, 1.82) is 0 Å². The van der Waals surface area contributed by atoms with Crippen molar-refractivity contribution in [3.8, 4) is 0 Å². The molecule has 0 radical (unpaired) electrons. The second kappa shape index (κ2) is 8.93. The van der Waals surface area contributed by atoms with E-state index in [0.29, 0.717) is 19.8 Å². The van der Waals surface area contributed by atoms with E-state index in [1.165, 1.54) is 7.11 Å². The zero-order chi connectivity index (χ0) is 10.8. The van der Waals surface area contributed by atoms with Gasteiger partial charge in [0.05, 0.1) is 19.1 Å². The molecule has 5 heteroatoms. The highest BCUT2D eigenvalue weighted by Gasteiger charge is 2.11. The maximum Gasteiger partial charge on any atom is 0.308 e. The van der Waals surface area contributed by atoms with E-state index in [9.17, 15) is 4.79 Å². The molecule has 0 rings (SSSR count). The molecule has 0 fully saturated rings. The standard InChI is InChI=1S/C9H19NO4/c1-3-13-4-5-14-9(11)6-8(7-10)12-2/h8H,3-7,10H2,1-2H3. The van der Waals surface area contributed by atoms with E-state index in [4.69, 9.17) is 19.9 Å². The maximum atomic E-state index is 11.1. The number of esters is 1. The monoisotopic (exact) mass is 205 g/mol. The lowest BCUT2D eigenvalue weighted by Crippen LogP contribution is -2.26. The van der Waals surface area contributed by atoms with E-state index in [0.717, 1.165) is 0 Å². The Bertz CT molecular complexity index is 148. The van der Waals surface area contributed by atoms with Crippen LogP contribution in [0.15, 0.2) is 0 Å². The molecule has 1 unspecified atom stereocenters. The van der Waals surface area contributed by atoms with Crippen LogP contribution < -0.4 is 5.73 Å². The van der Waals surface area contributed by atoms with Crippen LogP contribution in [-0.4, -0.2) is 45.5 Å². The smallest absolute Gasteiger partial charge is 0.308 e. The van der Waals surface area contributed by atoms with Crippen LogP contribution in [0.1, 0.15) is 13.3 Å². The summed E-state index contributed by atoms with van der Waals surface area (Å²) in [6, 6.07) is 0. The Morgan fingerprint density at radius 2 is 2.14 bits per heavy atom. The Morgan fingerprint density at radius 1 is 1.43 bits per heavy atom. The van der Waals surface area contributed by atoms with Gasteiger partial charge in [-0.05, 0) is 6.92 Å². The molecule has 84 valence electrons. The molecule has 1 atom stereocenters. The van der Waals surface area contributed by atoms with Crippen LogP contribution in [0.5, 0.6) is 0 Å². The zero-order valence-corrected chi connectivity index (χ0v) is 8.82. The van der Waals surface area contributed by atoms with Crippen molar-refractivity contribution in [2.75, 3.05) is 33.5 Å². The molecule has 0 aliphatic heterocycles. The van der Waals surface area contributed by atoms with Gasteiger partial charge in [0.1, 0.15) is 6.61 Å². The van der Waals surface area contributed by atoms with Crippen molar-refractivity contribution < 1.29 is 19.0 Å². The topological polar surface area (TPSA) is 70.8 Å². The zero-order valence-electron chi connectivity index (χ0n) is 8.82. The number of nitrogens with two attached hydrogens (primary N) is 1. The van der Waals surface area contributed by atoms with Crippen LogP contribution in [0.4, 0.5) is 0 Å². The summed E-state index contributed by atoms with van der Waals surface area (Å²) >= 11 is 0. The summed E-state index contributed by atoms with van der Waals surface area (Å²) in [7, 11) is 1.52. The summed E-state index contributed by atoms with van der Waals surface area (Å²) in [5, 5.41) is 0. The normalized spacial score (nSPS) is 12.5. The Hall–Kier alpha value is -0.650. The quantitative estimate of drug-likeness (QED) is 0.443. The molecule has 0 aromatic rings. The first kappa shape index (κ1) is 13.4. The third-order valence-electron chi connectivity index (χ3n) is 1.69. The molecule has 0 spiro atoms. The van der Waals surface area contributed by atoms with Crippen LogP contribution in [0, 0.1) is 0 Å². The second-order valence-electron chi connectivity index (χ2n) is 2.71. The molecule has 14 heavy (non-hydrogen) atoms. The fraction of sp³-hybridized carbons (Fsp3) is 0.889. The lowest BCUT2D eigenvalue weighted by molar-refractivity contribution is -0.147. The van der Waals surface area contributed by atoms with Gasteiger partial charge in [-0.3, -0.25) is 4.79 Å². The minimum absolute atomic E-state index is 0.194. The molecule has 0 aliphatic rings. The fourth-order valence-corrected chi connectivity index (χ4v) is 0.866. The van der Waals surface area contributed by atoms with Gasteiger partial charge in [-0.25, -0.2) is 0 Å². The van der Waals surface area contributed by atoms with E-state index in [1.807, 2.05) is 6.92 Å². The molecule has 0 aromatic carbocycles. The van der Waals surface area contributed by atoms with Crippen LogP contribution in [0.3, 0.4) is 0 Å². The fourth-order valence-electron chi connectivity index (χ4n) is 0.866. The molecule has 5 nitrogen and oxygen atoms in total. The van der Waals surface area contributed by atoms with Gasteiger partial charge in [0.2, 0.25) is 0 Å². The number of carbonyl (C=O) groups is 1. The summed E-state index contributed by atoms with van der Waals surface area (Å²) in [6.07, 6.45) is -0.0614. The van der Waals surface area contributed by atoms with E-state index < -0.39 is 0 Å². The Morgan fingerprint density at radius 3 is 2.64 bits per heavy atom. The second-order valence-corrected chi connectivity index (χ2v) is 2.71. The van der Waals surface area contributed by atoms with Crippen molar-refractivity contribution >= 4 is 5.97 Å². The highest BCUT2D eigenvalue weighted by atomic mass is 16.6. The molecule has 0 saturated heterocycles. The predicted molar refractivity (Wildman–Crippen MR) is 51.9 cm³/mol. The molecular formula is C9H19NO4. The molecule has 2 N–H and O–H groups in total. The SMILES string of the molecule is CCOCCOC(=O)CC(CN)OC. The van der Waals surface area contributed by atoms with Crippen molar-refractivity contribution in [2.24, 2.45) is 5.73 Å². The van der Waals surface area contributed by atoms with Crippen LogP contribution in [0.25, 0.3) is 0 Å². The van der Waals surface area contributed by atoms with E-state index >= 15 is 0 Å². The summed E-state index contributed by atoms with van der Waals surface area (Å²) < 4.78 is 14.8. The molecule has 0 heterocycles. The third kappa shape index (κ3) is 6.82. The van der Waals surface area contributed by atoms with Gasteiger partial charge < -0.3 is 19.9 Å². The van der Waals surface area contributed by atoms with Gasteiger partial charge in [0.25, 0.3) is 0 Å². The van der Waals surface area contributed by atoms with Gasteiger partial charge in [0, 0.05) is 20.3 Å². The first-order valence-electron chi connectivity index (χ1n) is 4.70. The molecule has 0 amide bonds. The van der Waals surface area contributed by atoms with Gasteiger partial charge in [-0.15, -0.1) is 0 Å². The summed E-state index contributed by atoms with van der Waals surface area (Å²) in [6.45, 7) is 3.55. The van der Waals surface area contributed by atoms with Crippen LogP contribution >= 0.6 is 0 Å². The molecular weight excluding hydrogens is 186 g/mol. The van der Waals surface area contributed by atoms with E-state index in [-0.39, 0.29) is 25.1 Å². The van der Waals surface area contributed by atoms with Crippen molar-refractivity contribution in [2.45, 2.75) is 19.4 Å². The number of carbonyl (C=O) groups excluding carboxylic acids is 1. The average Bonchev–Trinajstić information content (AvgIpc) is 2.21. The minimum Gasteiger partial charge on any atom is -0.463 e. The van der Waals surface area contributed by atoms with Gasteiger partial charge in [0.15, 0.2) is 0 Å². The van der Waals surface area contributed by atoms with Gasteiger partial charge in [-0.1, -0.05) is 0 Å². The number of hydrogen-bond acceptors (Lipinski definition) is 5. The van der Waals surface area contributed by atoms with Crippen molar-refractivity contribution in [3.05, 3.63) is 0 Å². The average molecular weight is 205 g/mol. The number of hydrogen-bond donors (Lipinski definition) is 1. The molecule has 0 bridgehead atoms. The van der Waals surface area contributed by atoms with Gasteiger partial charge >= 0.3 is 5.97 Å². The number of methoxy groups -OCH3 is 1. The first-order valence-corrected chi connectivity index (χ1v) is 4.70. The van der Waals surface area contributed by atoms with Gasteiger partial charge in [-0.2, -0.15) is 0 Å². The largest absolute Gasteiger partial charge is 0.463 e. The molecule has 0 saturated carbocycles. The summed E-state index contributed by atoms with van der Waals surface area (Å²) in [5.74, 6) is -0.304. The first-order chi connectivity index (χ1) is 6.74.